The van der Waals surface area contributed by atoms with E-state index < -0.39 is 0 Å². The molecule has 3 nitrogen and oxygen atoms in total. The molecule has 0 bridgehead atoms. The Balaban J connectivity index is 1.24. The van der Waals surface area contributed by atoms with Gasteiger partial charge in [-0.1, -0.05) is 97.1 Å². The maximum Gasteiger partial charge on any atom is 0.136 e. The highest BCUT2D eigenvalue weighted by Crippen LogP contribution is 2.46. The van der Waals surface area contributed by atoms with E-state index in [0.717, 1.165) is 44.7 Å². The van der Waals surface area contributed by atoms with Crippen LogP contribution in [0.4, 0.5) is 17.1 Å². The molecule has 0 saturated carbocycles. The maximum absolute atomic E-state index is 6.27. The van der Waals surface area contributed by atoms with Gasteiger partial charge in [-0.25, -0.2) is 0 Å². The van der Waals surface area contributed by atoms with E-state index in [0.29, 0.717) is 0 Å². The Morgan fingerprint density at radius 3 is 2.10 bits per heavy atom. The second kappa shape index (κ2) is 10.6. The van der Waals surface area contributed by atoms with Crippen LogP contribution < -0.4 is 4.90 Å². The van der Waals surface area contributed by atoms with Crippen molar-refractivity contribution in [3.05, 3.63) is 170 Å². The highest BCUT2D eigenvalue weighted by molar-refractivity contribution is 7.25. The van der Waals surface area contributed by atoms with Crippen molar-refractivity contribution in [3.63, 3.8) is 0 Å². The molecule has 0 fully saturated rings. The van der Waals surface area contributed by atoms with Crippen LogP contribution in [0.25, 0.3) is 80.4 Å². The van der Waals surface area contributed by atoms with Gasteiger partial charge in [-0.3, -0.25) is 0 Å². The van der Waals surface area contributed by atoms with Gasteiger partial charge in [0, 0.05) is 58.8 Å². The van der Waals surface area contributed by atoms with Crippen LogP contribution in [0.15, 0.2) is 174 Å². The summed E-state index contributed by atoms with van der Waals surface area (Å²) >= 11 is 1.85. The standard InChI is InChI=1S/C46H28N2OS/c1-2-11-30(12-3-1)48-39-17-7-4-13-34(39)36-16-10-18-40(46(36)48)47(32-23-26-44-38(28-32)35-14-6-9-20-43(35)50-44)31-22-24-33-29(27-31)21-25-42-45(33)37-15-5-8-19-41(37)49-42/h1-28H. The molecule has 0 saturated heterocycles. The largest absolute Gasteiger partial charge is 0.456 e. The van der Waals surface area contributed by atoms with E-state index in [4.69, 9.17) is 4.42 Å². The third-order valence-corrected chi connectivity index (χ3v) is 11.3. The van der Waals surface area contributed by atoms with Crippen LogP contribution in [0, 0.1) is 0 Å². The van der Waals surface area contributed by atoms with Gasteiger partial charge >= 0.3 is 0 Å². The molecule has 0 amide bonds. The third kappa shape index (κ3) is 3.97. The molecule has 11 rings (SSSR count). The summed E-state index contributed by atoms with van der Waals surface area (Å²) in [6.07, 6.45) is 0. The van der Waals surface area contributed by atoms with Crippen molar-refractivity contribution in [2.45, 2.75) is 0 Å². The average molecular weight is 657 g/mol. The van der Waals surface area contributed by atoms with Crippen LogP contribution in [0.1, 0.15) is 0 Å². The van der Waals surface area contributed by atoms with Gasteiger partial charge in [0.2, 0.25) is 0 Å². The van der Waals surface area contributed by atoms with Gasteiger partial charge in [0.05, 0.1) is 16.7 Å². The first-order valence-corrected chi connectivity index (χ1v) is 17.7. The van der Waals surface area contributed by atoms with Gasteiger partial charge in [0.25, 0.3) is 0 Å². The fourth-order valence-electron chi connectivity index (χ4n) is 7.99. The summed E-state index contributed by atoms with van der Waals surface area (Å²) in [5.41, 5.74) is 8.66. The summed E-state index contributed by atoms with van der Waals surface area (Å²) in [6.45, 7) is 0. The van der Waals surface area contributed by atoms with Crippen LogP contribution in [0.5, 0.6) is 0 Å². The first kappa shape index (κ1) is 27.6. The molecular weight excluding hydrogens is 629 g/mol. The van der Waals surface area contributed by atoms with E-state index in [9.17, 15) is 0 Å². The minimum Gasteiger partial charge on any atom is -0.456 e. The Bertz CT molecular complexity index is 3110. The number of benzene rings is 8. The lowest BCUT2D eigenvalue weighted by Gasteiger charge is -2.27. The van der Waals surface area contributed by atoms with E-state index >= 15 is 0 Å². The van der Waals surface area contributed by atoms with Crippen LogP contribution in [-0.4, -0.2) is 4.57 Å². The number of furan rings is 1. The van der Waals surface area contributed by atoms with Gasteiger partial charge in [-0.15, -0.1) is 11.3 Å². The Morgan fingerprint density at radius 2 is 1.18 bits per heavy atom. The van der Waals surface area contributed by atoms with Gasteiger partial charge in [-0.05, 0) is 83.6 Å². The fourth-order valence-corrected chi connectivity index (χ4v) is 9.07. The molecule has 3 heterocycles. The summed E-state index contributed by atoms with van der Waals surface area (Å²) in [5, 5.41) is 9.69. The lowest BCUT2D eigenvalue weighted by Crippen LogP contribution is -2.11. The van der Waals surface area contributed by atoms with Gasteiger partial charge in [-0.2, -0.15) is 0 Å². The van der Waals surface area contributed by atoms with Crippen LogP contribution in [0.2, 0.25) is 0 Å². The van der Waals surface area contributed by atoms with Crippen molar-refractivity contribution >= 4 is 103 Å². The normalized spacial score (nSPS) is 12.0. The van der Waals surface area contributed by atoms with Crippen molar-refractivity contribution in [2.75, 3.05) is 4.90 Å². The highest BCUT2D eigenvalue weighted by Gasteiger charge is 2.23. The van der Waals surface area contributed by atoms with E-state index in [1.165, 1.54) is 52.8 Å². The first-order chi connectivity index (χ1) is 24.8. The average Bonchev–Trinajstić information content (AvgIpc) is 3.85. The summed E-state index contributed by atoms with van der Waals surface area (Å²) in [6, 6.07) is 61.4. The molecule has 0 unspecified atom stereocenters. The monoisotopic (exact) mass is 656 g/mol. The number of thiophene rings is 1. The summed E-state index contributed by atoms with van der Waals surface area (Å²) < 4.78 is 11.3. The molecule has 0 radical (unpaired) electrons. The number of hydrogen-bond donors (Lipinski definition) is 0. The molecule has 3 aromatic heterocycles. The zero-order chi connectivity index (χ0) is 32.8. The summed E-state index contributed by atoms with van der Waals surface area (Å²) in [5.74, 6) is 0. The van der Waals surface area contributed by atoms with E-state index in [-0.39, 0.29) is 0 Å². The van der Waals surface area contributed by atoms with Gasteiger partial charge in [0.1, 0.15) is 11.2 Å². The topological polar surface area (TPSA) is 21.3 Å². The number of aromatic nitrogens is 1. The Hall–Kier alpha value is -6.36. The smallest absolute Gasteiger partial charge is 0.136 e. The van der Waals surface area contributed by atoms with Crippen molar-refractivity contribution in [3.8, 4) is 5.69 Å². The maximum atomic E-state index is 6.27. The zero-order valence-corrected chi connectivity index (χ0v) is 27.7. The second-order valence-electron chi connectivity index (χ2n) is 12.9. The van der Waals surface area contributed by atoms with E-state index in [1.54, 1.807) is 0 Å². The summed E-state index contributed by atoms with van der Waals surface area (Å²) in [4.78, 5) is 2.45. The Morgan fingerprint density at radius 1 is 0.460 bits per heavy atom. The predicted molar refractivity (Wildman–Crippen MR) is 213 cm³/mol. The number of anilines is 3. The molecule has 8 aromatic carbocycles. The molecular formula is C46H28N2OS. The number of nitrogens with zero attached hydrogens (tertiary/aromatic N) is 2. The van der Waals surface area contributed by atoms with Crippen molar-refractivity contribution < 1.29 is 4.42 Å². The second-order valence-corrected chi connectivity index (χ2v) is 14.0. The van der Waals surface area contributed by atoms with Crippen molar-refractivity contribution in [1.29, 1.82) is 0 Å². The molecule has 0 aliphatic heterocycles. The number of rotatable bonds is 4. The first-order valence-electron chi connectivity index (χ1n) is 16.9. The van der Waals surface area contributed by atoms with E-state index in [2.05, 4.69) is 167 Å². The SMILES string of the molecule is c1ccc(-n2c3ccccc3c3cccc(N(c4ccc5c(ccc6oc7ccccc7c65)c4)c4ccc5sc6ccccc6c5c4)c32)cc1. The molecule has 4 heteroatoms. The van der Waals surface area contributed by atoms with Gasteiger partial charge < -0.3 is 13.9 Å². The lowest BCUT2D eigenvalue weighted by atomic mass is 10.0. The number of fused-ring (bicyclic) bond motifs is 11. The lowest BCUT2D eigenvalue weighted by molar-refractivity contribution is 0.669. The zero-order valence-electron chi connectivity index (χ0n) is 26.9. The predicted octanol–water partition coefficient (Wildman–Crippen LogP) is 13.7. The minimum absolute atomic E-state index is 0.912. The number of para-hydroxylation sites is 4. The molecule has 0 aliphatic rings. The number of hydrogen-bond acceptors (Lipinski definition) is 3. The molecule has 11 aromatic rings. The minimum atomic E-state index is 0.912. The van der Waals surface area contributed by atoms with Crippen molar-refractivity contribution in [1.82, 2.24) is 4.57 Å². The summed E-state index contributed by atoms with van der Waals surface area (Å²) in [7, 11) is 0. The quantitative estimate of drug-likeness (QED) is 0.188. The molecule has 0 N–H and O–H groups in total. The van der Waals surface area contributed by atoms with Crippen molar-refractivity contribution in [2.24, 2.45) is 0 Å². The van der Waals surface area contributed by atoms with E-state index in [1.807, 2.05) is 23.5 Å². The van der Waals surface area contributed by atoms with Crippen LogP contribution >= 0.6 is 11.3 Å². The molecule has 0 atom stereocenters. The Labute approximate surface area is 291 Å². The van der Waals surface area contributed by atoms with Crippen LogP contribution in [0.3, 0.4) is 0 Å². The van der Waals surface area contributed by atoms with Crippen LogP contribution in [-0.2, 0) is 0 Å². The van der Waals surface area contributed by atoms with Gasteiger partial charge in [0.15, 0.2) is 0 Å². The molecule has 50 heavy (non-hydrogen) atoms. The fraction of sp³-hybridized carbons (Fsp3) is 0. The Kier molecular flexibility index (Phi) is 5.83. The molecule has 234 valence electrons. The molecule has 0 spiro atoms. The molecule has 0 aliphatic carbocycles. The third-order valence-electron chi connectivity index (χ3n) is 10.1. The highest BCUT2D eigenvalue weighted by atomic mass is 32.1.